The Morgan fingerprint density at radius 3 is 2.32 bits per heavy atom. The molecule has 5 nitrogen and oxygen atoms in total. The summed E-state index contributed by atoms with van der Waals surface area (Å²) in [6.07, 6.45) is 0. The van der Waals surface area contributed by atoms with Crippen LogP contribution in [0.2, 0.25) is 0 Å². The molecule has 0 bridgehead atoms. The molecule has 0 fully saturated rings. The van der Waals surface area contributed by atoms with Gasteiger partial charge in [0.1, 0.15) is 0 Å². The van der Waals surface area contributed by atoms with Crippen LogP contribution >= 0.6 is 0 Å². The van der Waals surface area contributed by atoms with Gasteiger partial charge in [0.15, 0.2) is 0 Å². The van der Waals surface area contributed by atoms with Crippen molar-refractivity contribution < 1.29 is 8.42 Å². The van der Waals surface area contributed by atoms with Crippen molar-refractivity contribution in [1.29, 1.82) is 5.26 Å². The lowest BCUT2D eigenvalue weighted by Crippen LogP contribution is -2.36. The van der Waals surface area contributed by atoms with Crippen LogP contribution in [0.25, 0.3) is 0 Å². The number of rotatable bonds is 7. The molecule has 0 heterocycles. The van der Waals surface area contributed by atoms with Crippen molar-refractivity contribution in [2.75, 3.05) is 27.2 Å². The summed E-state index contributed by atoms with van der Waals surface area (Å²) in [5, 5.41) is 9.05. The van der Waals surface area contributed by atoms with Gasteiger partial charge >= 0.3 is 0 Å². The van der Waals surface area contributed by atoms with E-state index in [4.69, 9.17) is 5.26 Å². The van der Waals surface area contributed by atoms with Crippen molar-refractivity contribution in [2.24, 2.45) is 0 Å². The fraction of sp³-hybridized carbons (Fsp3) is 0.316. The zero-order chi connectivity index (χ0) is 18.4. The van der Waals surface area contributed by atoms with E-state index in [0.717, 1.165) is 11.1 Å². The van der Waals surface area contributed by atoms with Gasteiger partial charge in [0.05, 0.1) is 16.5 Å². The highest BCUT2D eigenvalue weighted by Gasteiger charge is 2.24. The fourth-order valence-electron chi connectivity index (χ4n) is 2.40. The van der Waals surface area contributed by atoms with E-state index in [1.54, 1.807) is 42.5 Å². The Morgan fingerprint density at radius 1 is 1.04 bits per heavy atom. The summed E-state index contributed by atoms with van der Waals surface area (Å²) in [6.45, 7) is 3.15. The van der Waals surface area contributed by atoms with Crippen LogP contribution in [0.5, 0.6) is 0 Å². The summed E-state index contributed by atoms with van der Waals surface area (Å²) in [7, 11) is 0.212. The average molecular weight is 357 g/mol. The number of sulfonamides is 1. The molecule has 0 unspecified atom stereocenters. The number of hydrogen-bond acceptors (Lipinski definition) is 4. The van der Waals surface area contributed by atoms with Crippen LogP contribution in [0, 0.1) is 18.3 Å². The number of benzene rings is 2. The Hall–Kier alpha value is -2.20. The topological polar surface area (TPSA) is 64.4 Å². The Bertz CT molecular complexity index is 853. The van der Waals surface area contributed by atoms with Crippen LogP contribution in [0.3, 0.4) is 0 Å². The number of nitriles is 1. The molecule has 0 saturated carbocycles. The first-order valence-corrected chi connectivity index (χ1v) is 9.47. The Morgan fingerprint density at radius 2 is 1.72 bits per heavy atom. The highest BCUT2D eigenvalue weighted by molar-refractivity contribution is 7.89. The predicted molar refractivity (Wildman–Crippen MR) is 98.5 cm³/mol. The van der Waals surface area contributed by atoms with Gasteiger partial charge < -0.3 is 4.90 Å². The summed E-state index contributed by atoms with van der Waals surface area (Å²) in [6, 6.07) is 16.0. The lowest BCUT2D eigenvalue weighted by Gasteiger charge is -2.24. The molecule has 0 N–H and O–H groups in total. The number of aryl methyl sites for hydroxylation is 1. The van der Waals surface area contributed by atoms with E-state index in [9.17, 15) is 8.42 Å². The third-order valence-corrected chi connectivity index (χ3v) is 5.73. The van der Waals surface area contributed by atoms with E-state index in [1.165, 1.54) is 4.31 Å². The Balaban J connectivity index is 2.34. The molecule has 2 aromatic carbocycles. The summed E-state index contributed by atoms with van der Waals surface area (Å²) in [4.78, 5) is 2.23. The predicted octanol–water partition coefficient (Wildman–Crippen LogP) is 2.62. The average Bonchev–Trinajstić information content (AvgIpc) is 2.58. The molecule has 0 atom stereocenters. The second-order valence-electron chi connectivity index (χ2n) is 6.27. The van der Waals surface area contributed by atoms with E-state index < -0.39 is 10.0 Å². The van der Waals surface area contributed by atoms with Crippen molar-refractivity contribution in [3.05, 3.63) is 65.2 Å². The van der Waals surface area contributed by atoms with Crippen molar-refractivity contribution in [3.8, 4) is 6.07 Å². The minimum Gasteiger partial charge on any atom is -0.308 e. The highest BCUT2D eigenvalue weighted by atomic mass is 32.2. The third kappa shape index (κ3) is 5.13. The second kappa shape index (κ2) is 8.26. The van der Waals surface area contributed by atoms with Crippen LogP contribution in [-0.4, -0.2) is 44.8 Å². The van der Waals surface area contributed by atoms with E-state index in [-0.39, 0.29) is 11.4 Å². The summed E-state index contributed by atoms with van der Waals surface area (Å²) in [5.74, 6) is 0. The number of likely N-dealkylation sites (N-methyl/N-ethyl adjacent to an activating group) is 1. The van der Waals surface area contributed by atoms with Gasteiger partial charge in [-0.2, -0.15) is 9.57 Å². The first-order valence-electron chi connectivity index (χ1n) is 8.03. The van der Waals surface area contributed by atoms with Gasteiger partial charge in [-0.15, -0.1) is 0 Å². The van der Waals surface area contributed by atoms with Crippen molar-refractivity contribution in [2.45, 2.75) is 18.4 Å². The molecule has 0 spiro atoms. The normalized spacial score (nSPS) is 11.7. The fourth-order valence-corrected chi connectivity index (χ4v) is 3.82. The molecule has 2 rings (SSSR count). The molecular weight excluding hydrogens is 334 g/mol. The van der Waals surface area contributed by atoms with Crippen LogP contribution in [0.1, 0.15) is 16.7 Å². The third-order valence-electron chi connectivity index (χ3n) is 3.87. The monoisotopic (exact) mass is 357 g/mol. The molecule has 132 valence electrons. The Labute approximate surface area is 150 Å². The van der Waals surface area contributed by atoms with E-state index in [2.05, 4.69) is 6.07 Å². The molecule has 0 saturated heterocycles. The van der Waals surface area contributed by atoms with Gasteiger partial charge in [-0.05, 0) is 50.8 Å². The first kappa shape index (κ1) is 19.1. The summed E-state index contributed by atoms with van der Waals surface area (Å²) in [5.41, 5.74) is 2.34. The van der Waals surface area contributed by atoms with Crippen molar-refractivity contribution >= 4 is 10.0 Å². The van der Waals surface area contributed by atoms with Gasteiger partial charge in [0, 0.05) is 19.6 Å². The van der Waals surface area contributed by atoms with Crippen LogP contribution < -0.4 is 0 Å². The van der Waals surface area contributed by atoms with Crippen molar-refractivity contribution in [3.63, 3.8) is 0 Å². The van der Waals surface area contributed by atoms with Crippen LogP contribution in [-0.2, 0) is 16.6 Å². The molecule has 0 aromatic heterocycles. The van der Waals surface area contributed by atoms with Crippen LogP contribution in [0.4, 0.5) is 0 Å². The molecule has 0 radical (unpaired) electrons. The largest absolute Gasteiger partial charge is 0.308 e. The standard InChI is InChI=1S/C19H23N3O2S/c1-16-7-9-19(10-8-16)25(23,24)22(12-11-21(2)3)15-18-6-4-5-17(13-18)14-20/h4-10,13H,11-12,15H2,1-3H3. The van der Waals surface area contributed by atoms with Gasteiger partial charge in [0.2, 0.25) is 10.0 Å². The highest BCUT2D eigenvalue weighted by Crippen LogP contribution is 2.19. The Kier molecular flexibility index (Phi) is 6.32. The minimum absolute atomic E-state index is 0.236. The first-order chi connectivity index (χ1) is 11.8. The molecule has 0 aliphatic carbocycles. The molecule has 6 heteroatoms. The smallest absolute Gasteiger partial charge is 0.243 e. The molecular formula is C19H23N3O2S. The number of nitrogens with zero attached hydrogens (tertiary/aromatic N) is 3. The van der Waals surface area contributed by atoms with E-state index in [1.807, 2.05) is 32.0 Å². The lowest BCUT2D eigenvalue weighted by molar-refractivity contribution is 0.329. The number of hydrogen-bond donors (Lipinski definition) is 0. The SMILES string of the molecule is Cc1ccc(S(=O)(=O)N(CCN(C)C)Cc2cccc(C#N)c2)cc1. The maximum atomic E-state index is 13.1. The molecule has 0 amide bonds. The molecule has 0 aliphatic heterocycles. The van der Waals surface area contributed by atoms with Gasteiger partial charge in [-0.3, -0.25) is 0 Å². The van der Waals surface area contributed by atoms with Gasteiger partial charge in [-0.1, -0.05) is 29.8 Å². The lowest BCUT2D eigenvalue weighted by atomic mass is 10.1. The van der Waals surface area contributed by atoms with E-state index >= 15 is 0 Å². The molecule has 25 heavy (non-hydrogen) atoms. The second-order valence-corrected chi connectivity index (χ2v) is 8.21. The minimum atomic E-state index is -3.61. The maximum Gasteiger partial charge on any atom is 0.243 e. The maximum absolute atomic E-state index is 13.1. The zero-order valence-electron chi connectivity index (χ0n) is 14.8. The van der Waals surface area contributed by atoms with Gasteiger partial charge in [-0.25, -0.2) is 8.42 Å². The van der Waals surface area contributed by atoms with E-state index in [0.29, 0.717) is 18.7 Å². The molecule has 0 aliphatic rings. The quantitative estimate of drug-likeness (QED) is 0.764. The summed E-state index contributed by atoms with van der Waals surface area (Å²) >= 11 is 0. The van der Waals surface area contributed by atoms with Crippen LogP contribution in [0.15, 0.2) is 53.4 Å². The molecule has 2 aromatic rings. The van der Waals surface area contributed by atoms with Gasteiger partial charge in [0.25, 0.3) is 0 Å². The van der Waals surface area contributed by atoms with Crippen molar-refractivity contribution in [1.82, 2.24) is 9.21 Å². The summed E-state index contributed by atoms with van der Waals surface area (Å²) < 4.78 is 27.6. The zero-order valence-corrected chi connectivity index (χ0v) is 15.6.